The van der Waals surface area contributed by atoms with Crippen LogP contribution >= 0.6 is 0 Å². The van der Waals surface area contributed by atoms with E-state index in [9.17, 15) is 8.42 Å². The molecule has 1 aliphatic carbocycles. The van der Waals surface area contributed by atoms with Gasteiger partial charge in [0.2, 0.25) is 0 Å². The van der Waals surface area contributed by atoms with Gasteiger partial charge in [-0.2, -0.15) is 0 Å². The summed E-state index contributed by atoms with van der Waals surface area (Å²) in [5.74, 6) is 0. The third kappa shape index (κ3) is 4.69. The number of fused-ring (bicyclic) bond motifs is 1. The van der Waals surface area contributed by atoms with E-state index in [1.165, 1.54) is 11.8 Å². The summed E-state index contributed by atoms with van der Waals surface area (Å²) in [6.45, 7) is 0.419. The Labute approximate surface area is 177 Å². The number of aryl methyl sites for hydroxylation is 1. The Morgan fingerprint density at radius 2 is 1.60 bits per heavy atom. The van der Waals surface area contributed by atoms with Crippen LogP contribution in [0.5, 0.6) is 0 Å². The fourth-order valence-electron chi connectivity index (χ4n) is 3.54. The lowest BCUT2D eigenvalue weighted by Crippen LogP contribution is -2.13. The van der Waals surface area contributed by atoms with Crippen molar-refractivity contribution in [1.29, 1.82) is 0 Å². The van der Waals surface area contributed by atoms with Crippen LogP contribution in [0.3, 0.4) is 0 Å². The molecule has 5 heteroatoms. The standard InChI is InChI=1S/C25H23NO3S/c1-30(27,28)22-14-11-19(12-15-22)17-24-23-10-6-5-9-21(23)13-16-25(24)26-29-18-20-7-3-2-4-8-20/h2-12,14-15,17H,13,16,18H2,1H3/b24-17+,26-25?. The minimum Gasteiger partial charge on any atom is -0.391 e. The van der Waals surface area contributed by atoms with Crippen molar-refractivity contribution in [3.8, 4) is 0 Å². The van der Waals surface area contributed by atoms with Gasteiger partial charge in [-0.15, -0.1) is 0 Å². The summed E-state index contributed by atoms with van der Waals surface area (Å²) in [5.41, 5.74) is 6.31. The number of oxime groups is 1. The fraction of sp³-hybridized carbons (Fsp3) is 0.160. The number of hydrogen-bond acceptors (Lipinski definition) is 4. The third-order valence-electron chi connectivity index (χ3n) is 5.12. The molecule has 1 aliphatic rings. The molecule has 4 nitrogen and oxygen atoms in total. The molecule has 3 aromatic rings. The summed E-state index contributed by atoms with van der Waals surface area (Å²) < 4.78 is 23.5. The first-order valence-electron chi connectivity index (χ1n) is 9.84. The van der Waals surface area contributed by atoms with Crippen LogP contribution in [0.15, 0.2) is 88.9 Å². The Hall–Kier alpha value is -3.18. The minimum atomic E-state index is -3.21. The molecule has 0 atom stereocenters. The van der Waals surface area contributed by atoms with E-state index in [0.29, 0.717) is 11.5 Å². The molecule has 0 aliphatic heterocycles. The zero-order valence-electron chi connectivity index (χ0n) is 16.8. The van der Waals surface area contributed by atoms with E-state index in [2.05, 4.69) is 23.4 Å². The van der Waals surface area contributed by atoms with Crippen LogP contribution in [0.25, 0.3) is 11.6 Å². The molecule has 0 heterocycles. The van der Waals surface area contributed by atoms with E-state index in [4.69, 9.17) is 4.84 Å². The van der Waals surface area contributed by atoms with Crippen LogP contribution in [0.4, 0.5) is 0 Å². The van der Waals surface area contributed by atoms with E-state index >= 15 is 0 Å². The van der Waals surface area contributed by atoms with Crippen LogP contribution in [-0.2, 0) is 27.7 Å². The molecule has 0 unspecified atom stereocenters. The van der Waals surface area contributed by atoms with E-state index in [1.807, 2.05) is 54.6 Å². The van der Waals surface area contributed by atoms with Gasteiger partial charge in [0.15, 0.2) is 9.84 Å². The maximum absolute atomic E-state index is 11.7. The van der Waals surface area contributed by atoms with Gasteiger partial charge in [-0.1, -0.05) is 71.9 Å². The van der Waals surface area contributed by atoms with Crippen LogP contribution in [0, 0.1) is 0 Å². The predicted octanol–water partition coefficient (Wildman–Crippen LogP) is 5.15. The normalized spacial score (nSPS) is 16.4. The third-order valence-corrected chi connectivity index (χ3v) is 6.25. The maximum atomic E-state index is 11.7. The summed E-state index contributed by atoms with van der Waals surface area (Å²) >= 11 is 0. The Morgan fingerprint density at radius 3 is 2.33 bits per heavy atom. The minimum absolute atomic E-state index is 0.314. The zero-order chi connectivity index (χ0) is 21.0. The Morgan fingerprint density at radius 1 is 0.900 bits per heavy atom. The van der Waals surface area contributed by atoms with E-state index < -0.39 is 9.84 Å². The highest BCUT2D eigenvalue weighted by atomic mass is 32.2. The average Bonchev–Trinajstić information content (AvgIpc) is 2.75. The first-order valence-corrected chi connectivity index (χ1v) is 11.7. The van der Waals surface area contributed by atoms with E-state index in [-0.39, 0.29) is 0 Å². The van der Waals surface area contributed by atoms with Crippen molar-refractivity contribution in [2.75, 3.05) is 6.26 Å². The summed E-state index contributed by atoms with van der Waals surface area (Å²) in [7, 11) is -3.21. The van der Waals surface area contributed by atoms with Crippen LogP contribution in [0.2, 0.25) is 0 Å². The van der Waals surface area contributed by atoms with Gasteiger partial charge in [-0.25, -0.2) is 8.42 Å². The van der Waals surface area contributed by atoms with Gasteiger partial charge in [0.05, 0.1) is 10.6 Å². The maximum Gasteiger partial charge on any atom is 0.175 e. The lowest BCUT2D eigenvalue weighted by Gasteiger charge is -2.21. The van der Waals surface area contributed by atoms with Crippen molar-refractivity contribution in [3.05, 3.63) is 101 Å². The Kier molecular flexibility index (Phi) is 5.81. The van der Waals surface area contributed by atoms with Crippen LogP contribution in [0.1, 0.15) is 28.7 Å². The lowest BCUT2D eigenvalue weighted by molar-refractivity contribution is 0.130. The monoisotopic (exact) mass is 417 g/mol. The number of benzene rings is 3. The Bertz CT molecular complexity index is 1190. The number of rotatable bonds is 5. The van der Waals surface area contributed by atoms with Crippen molar-refractivity contribution in [2.45, 2.75) is 24.3 Å². The van der Waals surface area contributed by atoms with E-state index in [0.717, 1.165) is 40.8 Å². The molecule has 30 heavy (non-hydrogen) atoms. The highest BCUT2D eigenvalue weighted by Gasteiger charge is 2.20. The summed E-state index contributed by atoms with van der Waals surface area (Å²) in [4.78, 5) is 5.99. The molecule has 152 valence electrons. The largest absolute Gasteiger partial charge is 0.391 e. The molecule has 0 bridgehead atoms. The average molecular weight is 418 g/mol. The Balaban J connectivity index is 1.66. The van der Waals surface area contributed by atoms with Gasteiger partial charge in [0, 0.05) is 11.8 Å². The molecule has 3 aromatic carbocycles. The van der Waals surface area contributed by atoms with Crippen molar-refractivity contribution in [2.24, 2.45) is 5.16 Å². The number of sulfone groups is 1. The predicted molar refractivity (Wildman–Crippen MR) is 121 cm³/mol. The molecule has 0 aromatic heterocycles. The van der Waals surface area contributed by atoms with Crippen molar-refractivity contribution in [3.63, 3.8) is 0 Å². The first kappa shape index (κ1) is 20.1. The molecular formula is C25H23NO3S. The second kappa shape index (κ2) is 8.67. The number of hydrogen-bond donors (Lipinski definition) is 0. The second-order valence-corrected chi connectivity index (χ2v) is 9.37. The quantitative estimate of drug-likeness (QED) is 0.540. The highest BCUT2D eigenvalue weighted by Crippen LogP contribution is 2.31. The van der Waals surface area contributed by atoms with Crippen molar-refractivity contribution in [1.82, 2.24) is 0 Å². The topological polar surface area (TPSA) is 55.7 Å². The summed E-state index contributed by atoms with van der Waals surface area (Å²) in [6.07, 6.45) is 4.97. The SMILES string of the molecule is CS(=O)(=O)c1ccc(/C=C2/C(=NOCc3ccccc3)CCc3ccccc32)cc1. The fourth-order valence-corrected chi connectivity index (χ4v) is 4.17. The van der Waals surface area contributed by atoms with Crippen LogP contribution < -0.4 is 0 Å². The molecule has 0 radical (unpaired) electrons. The molecule has 0 amide bonds. The van der Waals surface area contributed by atoms with Gasteiger partial charge in [-0.3, -0.25) is 0 Å². The van der Waals surface area contributed by atoms with E-state index in [1.54, 1.807) is 12.1 Å². The van der Waals surface area contributed by atoms with Crippen molar-refractivity contribution >= 4 is 27.2 Å². The summed E-state index contributed by atoms with van der Waals surface area (Å²) in [5, 5.41) is 4.46. The summed E-state index contributed by atoms with van der Waals surface area (Å²) in [6, 6.07) is 25.2. The van der Waals surface area contributed by atoms with Gasteiger partial charge in [0.25, 0.3) is 0 Å². The van der Waals surface area contributed by atoms with Crippen LogP contribution in [-0.4, -0.2) is 20.4 Å². The zero-order valence-corrected chi connectivity index (χ0v) is 17.6. The van der Waals surface area contributed by atoms with Gasteiger partial charge >= 0.3 is 0 Å². The number of nitrogens with zero attached hydrogens (tertiary/aromatic N) is 1. The second-order valence-electron chi connectivity index (χ2n) is 7.35. The first-order chi connectivity index (χ1) is 14.5. The molecule has 0 fully saturated rings. The molecule has 0 saturated heterocycles. The highest BCUT2D eigenvalue weighted by molar-refractivity contribution is 7.90. The molecule has 0 saturated carbocycles. The lowest BCUT2D eigenvalue weighted by atomic mass is 9.85. The molecular weight excluding hydrogens is 394 g/mol. The molecule has 0 spiro atoms. The number of allylic oxidation sites excluding steroid dienone is 1. The van der Waals surface area contributed by atoms with Gasteiger partial charge in [-0.05, 0) is 53.3 Å². The molecule has 4 rings (SSSR count). The molecule has 0 N–H and O–H groups in total. The van der Waals surface area contributed by atoms with Gasteiger partial charge in [0.1, 0.15) is 6.61 Å². The van der Waals surface area contributed by atoms with Gasteiger partial charge < -0.3 is 4.84 Å². The smallest absolute Gasteiger partial charge is 0.175 e. The van der Waals surface area contributed by atoms with Crippen molar-refractivity contribution < 1.29 is 13.3 Å².